The van der Waals surface area contributed by atoms with Crippen LogP contribution in [0.3, 0.4) is 0 Å². The van der Waals surface area contributed by atoms with E-state index >= 15 is 0 Å². The standard InChI is InChI=1S/C13H17NO6/c1-19-11-4-3-9(7-12(11)20-2)10(8-13(15)16)5-6-14(17)18/h3-4,7,10H,5-6,8H2,1-2H3,(H,15,16). The van der Waals surface area contributed by atoms with Crippen molar-refractivity contribution in [3.05, 3.63) is 33.9 Å². The maximum Gasteiger partial charge on any atom is 0.303 e. The van der Waals surface area contributed by atoms with Crippen molar-refractivity contribution >= 4 is 5.97 Å². The molecule has 0 fully saturated rings. The summed E-state index contributed by atoms with van der Waals surface area (Å²) in [5, 5.41) is 19.4. The second kappa shape index (κ2) is 7.32. The fraction of sp³-hybridized carbons (Fsp3) is 0.462. The Hall–Kier alpha value is -2.31. The number of carboxylic acids is 1. The van der Waals surface area contributed by atoms with Crippen molar-refractivity contribution in [1.29, 1.82) is 0 Å². The molecule has 0 radical (unpaired) electrons. The van der Waals surface area contributed by atoms with Gasteiger partial charge in [0.1, 0.15) is 0 Å². The quantitative estimate of drug-likeness (QED) is 0.578. The number of nitrogens with zero attached hydrogens (tertiary/aromatic N) is 1. The summed E-state index contributed by atoms with van der Waals surface area (Å²) in [6.07, 6.45) is -0.00188. The van der Waals surface area contributed by atoms with Crippen LogP contribution in [-0.4, -0.2) is 36.8 Å². The molecule has 1 unspecified atom stereocenters. The lowest BCUT2D eigenvalue weighted by Gasteiger charge is -2.16. The Labute approximate surface area is 116 Å². The molecule has 0 saturated heterocycles. The van der Waals surface area contributed by atoms with Crippen molar-refractivity contribution in [2.24, 2.45) is 0 Å². The van der Waals surface area contributed by atoms with E-state index in [0.717, 1.165) is 0 Å². The molecule has 20 heavy (non-hydrogen) atoms. The van der Waals surface area contributed by atoms with Crippen LogP contribution >= 0.6 is 0 Å². The summed E-state index contributed by atoms with van der Waals surface area (Å²) in [7, 11) is 2.98. The van der Waals surface area contributed by atoms with Crippen molar-refractivity contribution in [2.45, 2.75) is 18.8 Å². The number of nitro groups is 1. The Balaban J connectivity index is 2.99. The highest BCUT2D eigenvalue weighted by atomic mass is 16.6. The van der Waals surface area contributed by atoms with Gasteiger partial charge in [-0.15, -0.1) is 0 Å². The average Bonchev–Trinajstić information content (AvgIpc) is 2.42. The van der Waals surface area contributed by atoms with E-state index in [1.165, 1.54) is 14.2 Å². The number of ether oxygens (including phenoxy) is 2. The highest BCUT2D eigenvalue weighted by Crippen LogP contribution is 2.33. The van der Waals surface area contributed by atoms with E-state index in [1.807, 2.05) is 0 Å². The average molecular weight is 283 g/mol. The number of aliphatic carboxylic acids is 1. The van der Waals surface area contributed by atoms with E-state index < -0.39 is 16.8 Å². The number of carboxylic acid groups (broad SMARTS) is 1. The highest BCUT2D eigenvalue weighted by Gasteiger charge is 2.19. The normalized spacial score (nSPS) is 11.7. The predicted octanol–water partition coefficient (Wildman–Crippen LogP) is 1.93. The zero-order valence-corrected chi connectivity index (χ0v) is 11.4. The van der Waals surface area contributed by atoms with E-state index in [2.05, 4.69) is 0 Å². The SMILES string of the molecule is COc1ccc(C(CC[N+](=O)[O-])CC(=O)O)cc1OC. The number of hydrogen-bond acceptors (Lipinski definition) is 5. The molecule has 7 nitrogen and oxygen atoms in total. The summed E-state index contributed by atoms with van der Waals surface area (Å²) in [5.74, 6) is -0.424. The Kier molecular flexibility index (Phi) is 5.76. The fourth-order valence-electron chi connectivity index (χ4n) is 1.97. The summed E-state index contributed by atoms with van der Waals surface area (Å²) in [6, 6.07) is 5.02. The predicted molar refractivity (Wildman–Crippen MR) is 71.0 cm³/mol. The van der Waals surface area contributed by atoms with Crippen LogP contribution in [0.25, 0.3) is 0 Å². The van der Waals surface area contributed by atoms with Gasteiger partial charge in [-0.05, 0) is 17.7 Å². The first-order chi connectivity index (χ1) is 9.47. The maximum atomic E-state index is 10.9. The van der Waals surface area contributed by atoms with Gasteiger partial charge in [0, 0.05) is 17.3 Å². The zero-order chi connectivity index (χ0) is 15.1. The van der Waals surface area contributed by atoms with Crippen molar-refractivity contribution in [1.82, 2.24) is 0 Å². The molecule has 0 aliphatic carbocycles. The summed E-state index contributed by atoms with van der Waals surface area (Å²) in [5.41, 5.74) is 0.687. The van der Waals surface area contributed by atoms with Gasteiger partial charge in [-0.1, -0.05) is 6.07 Å². The molecule has 1 aromatic rings. The first-order valence-electron chi connectivity index (χ1n) is 6.03. The topological polar surface area (TPSA) is 98.9 Å². The Bertz CT molecular complexity index is 488. The molecule has 0 amide bonds. The molecule has 0 aliphatic heterocycles. The van der Waals surface area contributed by atoms with Crippen LogP contribution in [0.4, 0.5) is 0 Å². The van der Waals surface area contributed by atoms with Gasteiger partial charge in [0.25, 0.3) is 0 Å². The van der Waals surface area contributed by atoms with Gasteiger partial charge in [-0.3, -0.25) is 14.9 Å². The van der Waals surface area contributed by atoms with Gasteiger partial charge >= 0.3 is 5.97 Å². The maximum absolute atomic E-state index is 10.9. The van der Waals surface area contributed by atoms with Crippen LogP contribution in [-0.2, 0) is 4.79 Å². The summed E-state index contributed by atoms with van der Waals surface area (Å²) in [6.45, 7) is -0.272. The minimum absolute atomic E-state index is 0.161. The molecule has 0 spiro atoms. The van der Waals surface area contributed by atoms with Crippen LogP contribution in [0.15, 0.2) is 18.2 Å². The lowest BCUT2D eigenvalue weighted by atomic mass is 9.92. The van der Waals surface area contributed by atoms with E-state index in [4.69, 9.17) is 14.6 Å². The largest absolute Gasteiger partial charge is 0.493 e. The number of hydrogen-bond donors (Lipinski definition) is 1. The highest BCUT2D eigenvalue weighted by molar-refractivity contribution is 5.68. The first-order valence-corrected chi connectivity index (χ1v) is 6.03. The van der Waals surface area contributed by atoms with Crippen molar-refractivity contribution < 1.29 is 24.3 Å². The van der Waals surface area contributed by atoms with E-state index in [9.17, 15) is 14.9 Å². The number of benzene rings is 1. The molecule has 1 rings (SSSR count). The second-order valence-corrected chi connectivity index (χ2v) is 4.25. The minimum atomic E-state index is -0.992. The smallest absolute Gasteiger partial charge is 0.303 e. The van der Waals surface area contributed by atoms with Gasteiger partial charge in [0.2, 0.25) is 6.54 Å². The molecule has 0 aliphatic rings. The van der Waals surface area contributed by atoms with Gasteiger partial charge in [-0.2, -0.15) is 0 Å². The molecule has 1 atom stereocenters. The molecule has 110 valence electrons. The van der Waals surface area contributed by atoms with Crippen LogP contribution in [0.1, 0.15) is 24.3 Å². The summed E-state index contributed by atoms with van der Waals surface area (Å²) >= 11 is 0. The first kappa shape index (κ1) is 15.7. The monoisotopic (exact) mass is 283 g/mol. The fourth-order valence-corrected chi connectivity index (χ4v) is 1.97. The van der Waals surface area contributed by atoms with Crippen molar-refractivity contribution in [2.75, 3.05) is 20.8 Å². The van der Waals surface area contributed by atoms with Crippen molar-refractivity contribution in [3.63, 3.8) is 0 Å². The molecule has 0 saturated carbocycles. The third-order valence-electron chi connectivity index (χ3n) is 2.96. The third-order valence-corrected chi connectivity index (χ3v) is 2.96. The Morgan fingerprint density at radius 2 is 2.00 bits per heavy atom. The lowest BCUT2D eigenvalue weighted by Crippen LogP contribution is -2.12. The number of carbonyl (C=O) groups is 1. The molecular weight excluding hydrogens is 266 g/mol. The molecular formula is C13H17NO6. The molecule has 1 aromatic carbocycles. The number of methoxy groups -OCH3 is 2. The molecule has 1 N–H and O–H groups in total. The minimum Gasteiger partial charge on any atom is -0.493 e. The van der Waals surface area contributed by atoms with Gasteiger partial charge in [0.05, 0.1) is 20.6 Å². The lowest BCUT2D eigenvalue weighted by molar-refractivity contribution is -0.480. The van der Waals surface area contributed by atoms with Crippen LogP contribution in [0.2, 0.25) is 0 Å². The second-order valence-electron chi connectivity index (χ2n) is 4.25. The summed E-state index contributed by atoms with van der Waals surface area (Å²) < 4.78 is 10.3. The Morgan fingerprint density at radius 3 is 2.50 bits per heavy atom. The van der Waals surface area contributed by atoms with Crippen LogP contribution in [0.5, 0.6) is 11.5 Å². The third kappa shape index (κ3) is 4.42. The van der Waals surface area contributed by atoms with E-state index in [1.54, 1.807) is 18.2 Å². The van der Waals surface area contributed by atoms with Crippen molar-refractivity contribution in [3.8, 4) is 11.5 Å². The molecule has 0 aromatic heterocycles. The summed E-state index contributed by atoms with van der Waals surface area (Å²) in [4.78, 5) is 20.9. The zero-order valence-electron chi connectivity index (χ0n) is 11.4. The Morgan fingerprint density at radius 1 is 1.35 bits per heavy atom. The van der Waals surface area contributed by atoms with Crippen LogP contribution in [0, 0.1) is 10.1 Å². The molecule has 7 heteroatoms. The molecule has 0 bridgehead atoms. The van der Waals surface area contributed by atoms with E-state index in [-0.39, 0.29) is 19.4 Å². The van der Waals surface area contributed by atoms with Gasteiger partial charge in [-0.25, -0.2) is 0 Å². The molecule has 0 heterocycles. The van der Waals surface area contributed by atoms with Crippen LogP contribution < -0.4 is 9.47 Å². The number of rotatable bonds is 8. The van der Waals surface area contributed by atoms with Gasteiger partial charge in [0.15, 0.2) is 11.5 Å². The van der Waals surface area contributed by atoms with E-state index in [0.29, 0.717) is 17.1 Å². The van der Waals surface area contributed by atoms with Gasteiger partial charge < -0.3 is 14.6 Å².